The molecule has 0 spiro atoms. The lowest BCUT2D eigenvalue weighted by Gasteiger charge is -1.98. The summed E-state index contributed by atoms with van der Waals surface area (Å²) in [6, 6.07) is 5.87. The van der Waals surface area contributed by atoms with Gasteiger partial charge in [0.05, 0.1) is 5.56 Å². The maximum atomic E-state index is 8.57. The van der Waals surface area contributed by atoms with Gasteiger partial charge in [-0.3, -0.25) is 4.98 Å². The molecule has 0 N–H and O–H groups in total. The molecular weight excluding hydrogens is 160 g/mol. The Balaban J connectivity index is 1.93. The molecule has 0 unspecified atom stereocenters. The maximum Gasteiger partial charge on any atom is 0.101 e. The average molecular weight is 172 g/mol. The molecule has 0 amide bonds. The number of rotatable bonds is 3. The molecule has 1 aliphatic carbocycles. The second kappa shape index (κ2) is 3.57. The van der Waals surface area contributed by atoms with Crippen LogP contribution in [0.4, 0.5) is 0 Å². The first-order valence-corrected chi connectivity index (χ1v) is 4.73. The summed E-state index contributed by atoms with van der Waals surface area (Å²) in [6.07, 6.45) is 6.78. The van der Waals surface area contributed by atoms with Crippen LogP contribution >= 0.6 is 0 Å². The average Bonchev–Trinajstić information content (AvgIpc) is 2.99. The SMILES string of the molecule is N#Cc1ccc(CCC2CC2)nc1. The molecule has 2 heteroatoms. The largest absolute Gasteiger partial charge is 0.260 e. The minimum atomic E-state index is 0.648. The van der Waals surface area contributed by atoms with Crippen LogP contribution in [0.1, 0.15) is 30.5 Å². The van der Waals surface area contributed by atoms with E-state index in [9.17, 15) is 0 Å². The molecule has 2 rings (SSSR count). The van der Waals surface area contributed by atoms with Gasteiger partial charge < -0.3 is 0 Å². The van der Waals surface area contributed by atoms with E-state index in [1.165, 1.54) is 19.3 Å². The Morgan fingerprint density at radius 1 is 1.46 bits per heavy atom. The molecule has 2 nitrogen and oxygen atoms in total. The summed E-state index contributed by atoms with van der Waals surface area (Å²) in [5.74, 6) is 0.956. The van der Waals surface area contributed by atoms with Crippen LogP contribution in [0.15, 0.2) is 18.3 Å². The Bertz CT molecular complexity index is 317. The standard InChI is InChI=1S/C11H12N2/c12-7-10-4-6-11(13-8-10)5-3-9-1-2-9/h4,6,8-9H,1-3,5H2. The first-order chi connectivity index (χ1) is 6.38. The Morgan fingerprint density at radius 3 is 2.85 bits per heavy atom. The normalized spacial score (nSPS) is 15.3. The smallest absolute Gasteiger partial charge is 0.101 e. The van der Waals surface area contributed by atoms with Crippen molar-refractivity contribution in [1.82, 2.24) is 4.98 Å². The van der Waals surface area contributed by atoms with Crippen molar-refractivity contribution >= 4 is 0 Å². The third kappa shape index (κ3) is 2.29. The van der Waals surface area contributed by atoms with E-state index in [2.05, 4.69) is 11.1 Å². The number of aryl methyl sites for hydroxylation is 1. The van der Waals surface area contributed by atoms with Crippen LogP contribution in [0.25, 0.3) is 0 Å². The van der Waals surface area contributed by atoms with E-state index in [0.717, 1.165) is 18.0 Å². The predicted octanol–water partition coefficient (Wildman–Crippen LogP) is 2.30. The van der Waals surface area contributed by atoms with Gasteiger partial charge in [-0.15, -0.1) is 0 Å². The van der Waals surface area contributed by atoms with Gasteiger partial charge in [-0.05, 0) is 30.9 Å². The van der Waals surface area contributed by atoms with Gasteiger partial charge in [-0.25, -0.2) is 0 Å². The van der Waals surface area contributed by atoms with Crippen molar-refractivity contribution in [3.63, 3.8) is 0 Å². The van der Waals surface area contributed by atoms with Gasteiger partial charge in [0, 0.05) is 11.9 Å². The summed E-state index contributed by atoms with van der Waals surface area (Å²) in [7, 11) is 0. The Morgan fingerprint density at radius 2 is 2.31 bits per heavy atom. The lowest BCUT2D eigenvalue weighted by atomic mass is 10.1. The molecule has 13 heavy (non-hydrogen) atoms. The molecule has 0 saturated heterocycles. The van der Waals surface area contributed by atoms with E-state index in [1.807, 2.05) is 12.1 Å². The van der Waals surface area contributed by atoms with Gasteiger partial charge in [-0.1, -0.05) is 12.8 Å². The Labute approximate surface area is 78.2 Å². The topological polar surface area (TPSA) is 36.7 Å². The molecule has 66 valence electrons. The Hall–Kier alpha value is -1.36. The summed E-state index contributed by atoms with van der Waals surface area (Å²) in [4.78, 5) is 4.23. The summed E-state index contributed by atoms with van der Waals surface area (Å²) in [6.45, 7) is 0. The highest BCUT2D eigenvalue weighted by Crippen LogP contribution is 2.33. The third-order valence-corrected chi connectivity index (χ3v) is 2.46. The van der Waals surface area contributed by atoms with Gasteiger partial charge in [-0.2, -0.15) is 5.26 Å². The number of pyridine rings is 1. The molecule has 1 aromatic heterocycles. The van der Waals surface area contributed by atoms with Crippen molar-refractivity contribution in [2.24, 2.45) is 5.92 Å². The van der Waals surface area contributed by atoms with Crippen LogP contribution < -0.4 is 0 Å². The predicted molar refractivity (Wildman–Crippen MR) is 50.0 cm³/mol. The van der Waals surface area contributed by atoms with Crippen LogP contribution in [0.5, 0.6) is 0 Å². The number of hydrogen-bond donors (Lipinski definition) is 0. The van der Waals surface area contributed by atoms with Gasteiger partial charge in [0.15, 0.2) is 0 Å². The minimum absolute atomic E-state index is 0.648. The van der Waals surface area contributed by atoms with E-state index >= 15 is 0 Å². The molecule has 0 radical (unpaired) electrons. The number of aromatic nitrogens is 1. The summed E-state index contributed by atoms with van der Waals surface area (Å²) >= 11 is 0. The lowest BCUT2D eigenvalue weighted by molar-refractivity contribution is 0.714. The Kier molecular flexibility index (Phi) is 2.27. The first-order valence-electron chi connectivity index (χ1n) is 4.73. The number of hydrogen-bond acceptors (Lipinski definition) is 2. The molecule has 1 aliphatic rings. The summed E-state index contributed by atoms with van der Waals surface area (Å²) in [5, 5.41) is 8.57. The fourth-order valence-electron chi connectivity index (χ4n) is 1.40. The maximum absolute atomic E-state index is 8.57. The van der Waals surface area contributed by atoms with Crippen LogP contribution in [-0.4, -0.2) is 4.98 Å². The van der Waals surface area contributed by atoms with E-state index in [1.54, 1.807) is 6.20 Å². The quantitative estimate of drug-likeness (QED) is 0.701. The lowest BCUT2D eigenvalue weighted by Crippen LogP contribution is -1.91. The fraction of sp³-hybridized carbons (Fsp3) is 0.455. The van der Waals surface area contributed by atoms with Gasteiger partial charge in [0.25, 0.3) is 0 Å². The number of nitriles is 1. The second-order valence-corrected chi connectivity index (χ2v) is 3.63. The fourth-order valence-corrected chi connectivity index (χ4v) is 1.40. The van der Waals surface area contributed by atoms with Gasteiger partial charge in [0.1, 0.15) is 6.07 Å². The molecule has 0 aliphatic heterocycles. The second-order valence-electron chi connectivity index (χ2n) is 3.63. The highest BCUT2D eigenvalue weighted by Gasteiger charge is 2.20. The van der Waals surface area contributed by atoms with E-state index in [0.29, 0.717) is 5.56 Å². The zero-order valence-corrected chi connectivity index (χ0v) is 7.53. The van der Waals surface area contributed by atoms with Crippen molar-refractivity contribution in [3.8, 4) is 6.07 Å². The third-order valence-electron chi connectivity index (χ3n) is 2.46. The summed E-state index contributed by atoms with van der Waals surface area (Å²) < 4.78 is 0. The molecule has 1 fully saturated rings. The van der Waals surface area contributed by atoms with Crippen LogP contribution in [-0.2, 0) is 6.42 Å². The zero-order chi connectivity index (χ0) is 9.10. The molecule has 0 aromatic carbocycles. The van der Waals surface area contributed by atoms with E-state index < -0.39 is 0 Å². The first kappa shape index (κ1) is 8.25. The molecule has 0 atom stereocenters. The van der Waals surface area contributed by atoms with Crippen LogP contribution in [0.3, 0.4) is 0 Å². The number of nitrogens with zero attached hydrogens (tertiary/aromatic N) is 2. The highest BCUT2D eigenvalue weighted by atomic mass is 14.7. The molecule has 1 saturated carbocycles. The molecule has 1 aromatic rings. The molecular formula is C11H12N2. The van der Waals surface area contributed by atoms with E-state index in [4.69, 9.17) is 5.26 Å². The minimum Gasteiger partial charge on any atom is -0.260 e. The van der Waals surface area contributed by atoms with E-state index in [-0.39, 0.29) is 0 Å². The van der Waals surface area contributed by atoms with Crippen molar-refractivity contribution in [1.29, 1.82) is 5.26 Å². The molecule has 1 heterocycles. The van der Waals surface area contributed by atoms with Crippen LogP contribution in [0, 0.1) is 17.2 Å². The van der Waals surface area contributed by atoms with Crippen molar-refractivity contribution in [2.75, 3.05) is 0 Å². The highest BCUT2D eigenvalue weighted by molar-refractivity contribution is 5.26. The van der Waals surface area contributed by atoms with Gasteiger partial charge in [0.2, 0.25) is 0 Å². The van der Waals surface area contributed by atoms with Crippen molar-refractivity contribution < 1.29 is 0 Å². The van der Waals surface area contributed by atoms with Crippen LogP contribution in [0.2, 0.25) is 0 Å². The molecule has 0 bridgehead atoms. The monoisotopic (exact) mass is 172 g/mol. The zero-order valence-electron chi connectivity index (χ0n) is 7.53. The van der Waals surface area contributed by atoms with Crippen molar-refractivity contribution in [3.05, 3.63) is 29.6 Å². The summed E-state index contributed by atoms with van der Waals surface area (Å²) in [5.41, 5.74) is 1.76. The van der Waals surface area contributed by atoms with Crippen molar-refractivity contribution in [2.45, 2.75) is 25.7 Å². The van der Waals surface area contributed by atoms with Gasteiger partial charge >= 0.3 is 0 Å².